The van der Waals surface area contributed by atoms with Crippen molar-refractivity contribution in [1.29, 1.82) is 0 Å². The van der Waals surface area contributed by atoms with E-state index in [4.69, 9.17) is 0 Å². The summed E-state index contributed by atoms with van der Waals surface area (Å²) in [5.74, 6) is 1.24. The number of hydrogen-bond donors (Lipinski definition) is 2. The van der Waals surface area contributed by atoms with Crippen molar-refractivity contribution < 1.29 is 18.3 Å². The van der Waals surface area contributed by atoms with Crippen LogP contribution in [-0.4, -0.2) is 53.8 Å². The predicted octanol–water partition coefficient (Wildman–Crippen LogP) is 2.75. The van der Waals surface area contributed by atoms with Crippen LogP contribution in [0.2, 0.25) is 0 Å². The molecule has 144 valence electrons. The molecule has 0 aliphatic carbocycles. The minimum atomic E-state index is -2.89. The molecule has 4 rings (SSSR count). The van der Waals surface area contributed by atoms with Gasteiger partial charge < -0.3 is 15.0 Å². The van der Waals surface area contributed by atoms with Crippen molar-refractivity contribution in [1.82, 2.24) is 20.4 Å². The van der Waals surface area contributed by atoms with Crippen molar-refractivity contribution in [3.8, 4) is 17.0 Å². The fraction of sp³-hybridized carbons (Fsp3) is 0.474. The van der Waals surface area contributed by atoms with Gasteiger partial charge in [0.15, 0.2) is 0 Å². The van der Waals surface area contributed by atoms with Gasteiger partial charge in [-0.25, -0.2) is 0 Å². The van der Waals surface area contributed by atoms with E-state index in [-0.39, 0.29) is 11.7 Å². The third-order valence-corrected chi connectivity index (χ3v) is 5.52. The Morgan fingerprint density at radius 3 is 2.67 bits per heavy atom. The van der Waals surface area contributed by atoms with Gasteiger partial charge in [-0.05, 0) is 49.9 Å². The maximum Gasteiger partial charge on any atom is 0.387 e. The third-order valence-electron chi connectivity index (χ3n) is 5.52. The number of hydrogen-bond acceptors (Lipinski definition) is 4. The van der Waals surface area contributed by atoms with Crippen LogP contribution in [0.3, 0.4) is 0 Å². The van der Waals surface area contributed by atoms with Crippen LogP contribution >= 0.6 is 0 Å². The Balaban J connectivity index is 1.54. The molecule has 2 aliphatic heterocycles. The molecule has 0 unspecified atom stereocenters. The number of fused-ring (bicyclic) bond motifs is 1. The van der Waals surface area contributed by atoms with Gasteiger partial charge in [-0.1, -0.05) is 12.1 Å². The molecular weight excluding hydrogens is 354 g/mol. The molecule has 2 saturated heterocycles. The SMILES string of the molecule is O=C(c1cn[nH]c1-c1cccc(OC(F)F)c1)N1CC[C@@H]2CNC[C@@H]2CC1. The first-order chi connectivity index (χ1) is 13.1. The van der Waals surface area contributed by atoms with Crippen molar-refractivity contribution >= 4 is 5.91 Å². The Morgan fingerprint density at radius 2 is 1.96 bits per heavy atom. The van der Waals surface area contributed by atoms with E-state index in [1.54, 1.807) is 12.1 Å². The molecule has 27 heavy (non-hydrogen) atoms. The van der Waals surface area contributed by atoms with E-state index in [2.05, 4.69) is 20.3 Å². The lowest BCUT2D eigenvalue weighted by molar-refractivity contribution is -0.0498. The van der Waals surface area contributed by atoms with E-state index in [0.717, 1.165) is 39.0 Å². The number of halogens is 2. The van der Waals surface area contributed by atoms with Gasteiger partial charge in [0.05, 0.1) is 17.5 Å². The minimum Gasteiger partial charge on any atom is -0.435 e. The van der Waals surface area contributed by atoms with Gasteiger partial charge in [0, 0.05) is 18.7 Å². The fourth-order valence-corrected chi connectivity index (χ4v) is 4.09. The molecule has 0 bridgehead atoms. The first-order valence-electron chi connectivity index (χ1n) is 9.20. The summed E-state index contributed by atoms with van der Waals surface area (Å²) < 4.78 is 29.4. The number of carbonyl (C=O) groups is 1. The number of amides is 1. The summed E-state index contributed by atoms with van der Waals surface area (Å²) in [4.78, 5) is 15.0. The van der Waals surface area contributed by atoms with Gasteiger partial charge in [-0.3, -0.25) is 9.89 Å². The topological polar surface area (TPSA) is 70.2 Å². The number of H-pyrrole nitrogens is 1. The molecule has 1 aromatic carbocycles. The van der Waals surface area contributed by atoms with Gasteiger partial charge in [-0.2, -0.15) is 13.9 Å². The summed E-state index contributed by atoms with van der Waals surface area (Å²) in [5, 5.41) is 10.3. The number of nitrogens with zero attached hydrogens (tertiary/aromatic N) is 2. The van der Waals surface area contributed by atoms with Crippen molar-refractivity contribution in [3.05, 3.63) is 36.0 Å². The monoisotopic (exact) mass is 376 g/mol. The van der Waals surface area contributed by atoms with Crippen molar-refractivity contribution in [2.24, 2.45) is 11.8 Å². The van der Waals surface area contributed by atoms with Crippen LogP contribution in [0.4, 0.5) is 8.78 Å². The summed E-state index contributed by atoms with van der Waals surface area (Å²) in [7, 11) is 0. The zero-order valence-corrected chi connectivity index (χ0v) is 14.8. The molecular formula is C19H22F2N4O2. The van der Waals surface area contributed by atoms with E-state index in [0.29, 0.717) is 28.7 Å². The van der Waals surface area contributed by atoms with Crippen LogP contribution in [0.1, 0.15) is 23.2 Å². The highest BCUT2D eigenvalue weighted by Crippen LogP contribution is 2.30. The van der Waals surface area contributed by atoms with E-state index < -0.39 is 6.61 Å². The lowest BCUT2D eigenvalue weighted by Crippen LogP contribution is -2.32. The molecule has 8 heteroatoms. The van der Waals surface area contributed by atoms with E-state index in [1.807, 2.05) is 4.90 Å². The Hall–Kier alpha value is -2.48. The lowest BCUT2D eigenvalue weighted by atomic mass is 9.92. The molecule has 2 N–H and O–H groups in total. The number of aromatic amines is 1. The number of ether oxygens (including phenoxy) is 1. The van der Waals surface area contributed by atoms with E-state index in [9.17, 15) is 13.6 Å². The number of likely N-dealkylation sites (tertiary alicyclic amines) is 1. The van der Waals surface area contributed by atoms with Crippen LogP contribution in [0, 0.1) is 11.8 Å². The zero-order chi connectivity index (χ0) is 18.8. The van der Waals surface area contributed by atoms with Crippen molar-refractivity contribution in [2.75, 3.05) is 26.2 Å². The quantitative estimate of drug-likeness (QED) is 0.861. The second-order valence-corrected chi connectivity index (χ2v) is 7.11. The largest absolute Gasteiger partial charge is 0.435 e. The second-order valence-electron chi connectivity index (χ2n) is 7.11. The molecule has 0 radical (unpaired) electrons. The number of aromatic nitrogens is 2. The van der Waals surface area contributed by atoms with Gasteiger partial charge >= 0.3 is 6.61 Å². The number of benzene rings is 1. The first-order valence-corrected chi connectivity index (χ1v) is 9.20. The minimum absolute atomic E-state index is 0.0468. The highest BCUT2D eigenvalue weighted by Gasteiger charge is 2.32. The summed E-state index contributed by atoms with van der Waals surface area (Å²) in [6.45, 7) is 0.609. The molecule has 2 atom stereocenters. The molecule has 2 fully saturated rings. The van der Waals surface area contributed by atoms with Crippen LogP contribution in [0.25, 0.3) is 11.3 Å². The fourth-order valence-electron chi connectivity index (χ4n) is 4.09. The molecule has 1 amide bonds. The molecule has 0 spiro atoms. The molecule has 2 aliphatic rings. The van der Waals surface area contributed by atoms with Crippen LogP contribution < -0.4 is 10.1 Å². The van der Waals surface area contributed by atoms with Gasteiger partial charge in [0.2, 0.25) is 0 Å². The Bertz CT molecular complexity index is 797. The maximum atomic E-state index is 13.1. The Labute approximate surface area is 155 Å². The maximum absolute atomic E-state index is 13.1. The van der Waals surface area contributed by atoms with Gasteiger partial charge in [0.25, 0.3) is 5.91 Å². The second kappa shape index (κ2) is 7.64. The smallest absolute Gasteiger partial charge is 0.387 e. The normalized spacial score (nSPS) is 22.6. The van der Waals surface area contributed by atoms with Crippen LogP contribution in [0.5, 0.6) is 5.75 Å². The average molecular weight is 376 g/mol. The van der Waals surface area contributed by atoms with E-state index >= 15 is 0 Å². The number of alkyl halides is 2. The van der Waals surface area contributed by atoms with Crippen molar-refractivity contribution in [3.63, 3.8) is 0 Å². The van der Waals surface area contributed by atoms with Gasteiger partial charge in [-0.15, -0.1) is 0 Å². The van der Waals surface area contributed by atoms with Crippen molar-refractivity contribution in [2.45, 2.75) is 19.5 Å². The molecule has 6 nitrogen and oxygen atoms in total. The molecule has 3 heterocycles. The summed E-state index contributed by atoms with van der Waals surface area (Å²) in [6.07, 6.45) is 3.49. The first kappa shape index (κ1) is 17.9. The molecule has 2 aromatic rings. The third kappa shape index (κ3) is 3.80. The van der Waals surface area contributed by atoms with Crippen LogP contribution in [0.15, 0.2) is 30.5 Å². The molecule has 0 saturated carbocycles. The number of rotatable bonds is 4. The lowest BCUT2D eigenvalue weighted by Gasteiger charge is -2.21. The summed E-state index contributed by atoms with van der Waals surface area (Å²) in [6, 6.07) is 6.29. The predicted molar refractivity (Wildman–Crippen MR) is 95.6 cm³/mol. The Morgan fingerprint density at radius 1 is 1.22 bits per heavy atom. The number of nitrogens with one attached hydrogen (secondary N) is 2. The molecule has 1 aromatic heterocycles. The van der Waals surface area contributed by atoms with Crippen LogP contribution in [-0.2, 0) is 0 Å². The Kier molecular flexibility index (Phi) is 5.07. The standard InChI is InChI=1S/C19H22F2N4O2/c20-19(21)27-15-3-1-2-12(8-15)17-16(11-23-24-17)18(26)25-6-4-13-9-22-10-14(13)5-7-25/h1-3,8,11,13-14,19,22H,4-7,9-10H2,(H,23,24)/t13-,14+. The zero-order valence-electron chi connectivity index (χ0n) is 14.8. The highest BCUT2D eigenvalue weighted by molar-refractivity contribution is 5.99. The van der Waals surface area contributed by atoms with E-state index in [1.165, 1.54) is 18.3 Å². The number of carbonyl (C=O) groups excluding carboxylic acids is 1. The summed E-state index contributed by atoms with van der Waals surface area (Å²) >= 11 is 0. The summed E-state index contributed by atoms with van der Waals surface area (Å²) in [5.41, 5.74) is 1.56. The van der Waals surface area contributed by atoms with Gasteiger partial charge in [0.1, 0.15) is 5.75 Å². The average Bonchev–Trinajstić information content (AvgIpc) is 3.27. The highest BCUT2D eigenvalue weighted by atomic mass is 19.3.